The van der Waals surface area contributed by atoms with Gasteiger partial charge in [0.15, 0.2) is 5.82 Å². The number of aromatic nitrogens is 2. The molecule has 0 radical (unpaired) electrons. The molecule has 0 saturated carbocycles. The first kappa shape index (κ1) is 26.5. The molecule has 196 valence electrons. The number of morpholine rings is 1. The van der Waals surface area contributed by atoms with Crippen LogP contribution in [0.2, 0.25) is 10.0 Å². The Balaban J connectivity index is 1.25. The summed E-state index contributed by atoms with van der Waals surface area (Å²) in [6.07, 6.45) is 0. The number of sulfonamides is 1. The Kier molecular flexibility index (Phi) is 8.08. The number of rotatable bonds is 6. The van der Waals surface area contributed by atoms with Crippen LogP contribution in [0.3, 0.4) is 0 Å². The Morgan fingerprint density at radius 2 is 1.62 bits per heavy atom. The number of fused-ring (bicyclic) bond motifs is 1. The molecule has 2 fully saturated rings. The second-order valence-corrected chi connectivity index (χ2v) is 12.3. The van der Waals surface area contributed by atoms with Gasteiger partial charge in [-0.25, -0.2) is 18.4 Å². The Hall–Kier alpha value is -2.15. The van der Waals surface area contributed by atoms with Crippen molar-refractivity contribution in [1.82, 2.24) is 19.2 Å². The van der Waals surface area contributed by atoms with E-state index < -0.39 is 10.0 Å². The Labute approximate surface area is 229 Å². The van der Waals surface area contributed by atoms with Crippen LogP contribution in [0, 0.1) is 0 Å². The molecule has 9 nitrogen and oxygen atoms in total. The van der Waals surface area contributed by atoms with Gasteiger partial charge in [-0.05, 0) is 30.3 Å². The SMILES string of the molecule is O=C(CSc1nc2ccccc2nc1N1CCOCC1)N1CCN(S(=O)(=O)c2cc(Cl)ccc2Cl)CC1. The lowest BCUT2D eigenvalue weighted by atomic mass is 10.3. The van der Waals surface area contributed by atoms with Gasteiger partial charge in [0.1, 0.15) is 9.92 Å². The molecule has 2 aliphatic rings. The normalized spacial score (nSPS) is 17.4. The van der Waals surface area contributed by atoms with E-state index in [1.807, 2.05) is 24.3 Å². The van der Waals surface area contributed by atoms with Gasteiger partial charge in [0, 0.05) is 44.3 Å². The molecule has 0 bridgehead atoms. The summed E-state index contributed by atoms with van der Waals surface area (Å²) >= 11 is 13.5. The predicted octanol–water partition coefficient (Wildman–Crippen LogP) is 3.40. The molecule has 0 N–H and O–H groups in total. The second kappa shape index (κ2) is 11.3. The molecule has 1 amide bonds. The topological polar surface area (TPSA) is 95.9 Å². The highest BCUT2D eigenvalue weighted by molar-refractivity contribution is 8.00. The van der Waals surface area contributed by atoms with Gasteiger partial charge in [-0.2, -0.15) is 4.31 Å². The van der Waals surface area contributed by atoms with Crippen molar-refractivity contribution in [2.75, 3.05) is 63.1 Å². The number of nitrogens with zero attached hydrogens (tertiary/aromatic N) is 5. The maximum atomic E-state index is 13.1. The molecule has 3 aromatic rings. The fourth-order valence-electron chi connectivity index (χ4n) is 4.27. The van der Waals surface area contributed by atoms with Crippen molar-refractivity contribution < 1.29 is 17.9 Å². The van der Waals surface area contributed by atoms with Crippen LogP contribution in [0.25, 0.3) is 11.0 Å². The van der Waals surface area contributed by atoms with Crippen LogP contribution in [-0.2, 0) is 19.6 Å². The summed E-state index contributed by atoms with van der Waals surface area (Å²) in [7, 11) is -3.82. The van der Waals surface area contributed by atoms with Gasteiger partial charge in [-0.1, -0.05) is 47.1 Å². The van der Waals surface area contributed by atoms with Crippen LogP contribution >= 0.6 is 35.0 Å². The third-order valence-electron chi connectivity index (χ3n) is 6.27. The van der Waals surface area contributed by atoms with Crippen LogP contribution < -0.4 is 4.90 Å². The summed E-state index contributed by atoms with van der Waals surface area (Å²) in [4.78, 5) is 26.5. The highest BCUT2D eigenvalue weighted by Gasteiger charge is 2.32. The fourth-order valence-corrected chi connectivity index (χ4v) is 7.33. The van der Waals surface area contributed by atoms with E-state index in [9.17, 15) is 13.2 Å². The first-order chi connectivity index (χ1) is 17.8. The summed E-state index contributed by atoms with van der Waals surface area (Å²) in [6.45, 7) is 3.58. The molecule has 1 aromatic heterocycles. The quantitative estimate of drug-likeness (QED) is 0.409. The Morgan fingerprint density at radius 3 is 2.32 bits per heavy atom. The number of para-hydroxylation sites is 2. The molecule has 3 heterocycles. The third kappa shape index (κ3) is 5.81. The molecule has 2 aromatic carbocycles. The number of anilines is 1. The molecule has 5 rings (SSSR count). The number of thioether (sulfide) groups is 1. The molecule has 2 saturated heterocycles. The lowest BCUT2D eigenvalue weighted by Gasteiger charge is -2.34. The third-order valence-corrected chi connectivity index (χ3v) is 9.82. The largest absolute Gasteiger partial charge is 0.378 e. The number of ether oxygens (including phenoxy) is 1. The zero-order valence-corrected chi connectivity index (χ0v) is 23.0. The predicted molar refractivity (Wildman–Crippen MR) is 145 cm³/mol. The van der Waals surface area contributed by atoms with E-state index >= 15 is 0 Å². The van der Waals surface area contributed by atoms with E-state index in [0.717, 1.165) is 16.9 Å². The number of amides is 1. The first-order valence-electron chi connectivity index (χ1n) is 11.8. The van der Waals surface area contributed by atoms with Crippen molar-refractivity contribution in [2.24, 2.45) is 0 Å². The van der Waals surface area contributed by atoms with Crippen molar-refractivity contribution in [1.29, 1.82) is 0 Å². The van der Waals surface area contributed by atoms with Gasteiger partial charge in [0.2, 0.25) is 15.9 Å². The first-order valence-corrected chi connectivity index (χ1v) is 15.0. The summed E-state index contributed by atoms with van der Waals surface area (Å²) in [6, 6.07) is 12.0. The maximum absolute atomic E-state index is 13.1. The van der Waals surface area contributed by atoms with E-state index in [4.69, 9.17) is 37.9 Å². The van der Waals surface area contributed by atoms with Gasteiger partial charge in [0.25, 0.3) is 0 Å². The summed E-state index contributed by atoms with van der Waals surface area (Å²) in [5, 5.41) is 1.11. The molecule has 37 heavy (non-hydrogen) atoms. The lowest BCUT2D eigenvalue weighted by molar-refractivity contribution is -0.129. The average Bonchev–Trinajstić information content (AvgIpc) is 2.93. The molecule has 0 aliphatic carbocycles. The molecule has 0 spiro atoms. The summed E-state index contributed by atoms with van der Waals surface area (Å²) in [5.74, 6) is 0.858. The second-order valence-electron chi connectivity index (χ2n) is 8.59. The van der Waals surface area contributed by atoms with E-state index in [2.05, 4.69) is 4.90 Å². The number of halogens is 2. The van der Waals surface area contributed by atoms with E-state index in [1.54, 1.807) is 11.0 Å². The highest BCUT2D eigenvalue weighted by Crippen LogP contribution is 2.31. The lowest BCUT2D eigenvalue weighted by Crippen LogP contribution is -2.51. The van der Waals surface area contributed by atoms with Crippen LogP contribution in [0.1, 0.15) is 0 Å². The molecule has 13 heteroatoms. The summed E-state index contributed by atoms with van der Waals surface area (Å²) in [5.41, 5.74) is 1.57. The van der Waals surface area contributed by atoms with Gasteiger partial charge in [0.05, 0.1) is 35.0 Å². The zero-order chi connectivity index (χ0) is 26.0. The van der Waals surface area contributed by atoms with Gasteiger partial charge >= 0.3 is 0 Å². The van der Waals surface area contributed by atoms with Crippen LogP contribution in [0.4, 0.5) is 5.82 Å². The standard InChI is InChI=1S/C24H25Cl2N5O4S2/c25-17-5-6-18(26)21(15-17)37(33,34)31-9-7-29(8-10-31)22(32)16-36-24-23(30-11-13-35-14-12-30)27-19-3-1-2-4-20(19)28-24/h1-6,15H,7-14,16H2. The smallest absolute Gasteiger partial charge is 0.244 e. The maximum Gasteiger partial charge on any atom is 0.244 e. The number of piperazine rings is 1. The molecular formula is C24H25Cl2N5O4S2. The van der Waals surface area contributed by atoms with Crippen molar-refractivity contribution in [3.8, 4) is 0 Å². The van der Waals surface area contributed by atoms with Gasteiger partial charge in [-0.15, -0.1) is 0 Å². The number of carbonyl (C=O) groups is 1. The van der Waals surface area contributed by atoms with Gasteiger partial charge < -0.3 is 14.5 Å². The fraction of sp³-hybridized carbons (Fsp3) is 0.375. The molecule has 0 unspecified atom stereocenters. The number of benzene rings is 2. The van der Waals surface area contributed by atoms with Crippen LogP contribution in [-0.4, -0.2) is 91.7 Å². The van der Waals surface area contributed by atoms with Crippen molar-refractivity contribution >= 4 is 67.7 Å². The molecule has 2 aliphatic heterocycles. The molecule has 0 atom stereocenters. The number of hydrogen-bond donors (Lipinski definition) is 0. The van der Waals surface area contributed by atoms with Crippen LogP contribution in [0.5, 0.6) is 0 Å². The van der Waals surface area contributed by atoms with Gasteiger partial charge in [-0.3, -0.25) is 4.79 Å². The summed E-state index contributed by atoms with van der Waals surface area (Å²) < 4.78 is 33.0. The monoisotopic (exact) mass is 581 g/mol. The minimum Gasteiger partial charge on any atom is -0.378 e. The Morgan fingerprint density at radius 1 is 0.946 bits per heavy atom. The van der Waals surface area contributed by atoms with Crippen molar-refractivity contribution in [3.05, 3.63) is 52.5 Å². The van der Waals surface area contributed by atoms with Crippen LogP contribution in [0.15, 0.2) is 52.4 Å². The zero-order valence-electron chi connectivity index (χ0n) is 19.8. The highest BCUT2D eigenvalue weighted by atomic mass is 35.5. The number of carbonyl (C=O) groups excluding carboxylic acids is 1. The minimum atomic E-state index is -3.82. The number of hydrogen-bond acceptors (Lipinski definition) is 8. The Bertz CT molecular complexity index is 1410. The average molecular weight is 583 g/mol. The molecular weight excluding hydrogens is 557 g/mol. The van der Waals surface area contributed by atoms with Crippen molar-refractivity contribution in [2.45, 2.75) is 9.92 Å². The van der Waals surface area contributed by atoms with E-state index in [0.29, 0.717) is 36.4 Å². The van der Waals surface area contributed by atoms with Crippen molar-refractivity contribution in [3.63, 3.8) is 0 Å². The van der Waals surface area contributed by atoms with E-state index in [1.165, 1.54) is 28.2 Å². The van der Waals surface area contributed by atoms with E-state index in [-0.39, 0.29) is 47.8 Å². The minimum absolute atomic E-state index is 0.0254.